The summed E-state index contributed by atoms with van der Waals surface area (Å²) in [4.78, 5) is 13.0. The maximum atomic E-state index is 13.0. The predicted octanol–water partition coefficient (Wildman–Crippen LogP) is 5.53. The number of rotatable bonds is 5. The lowest BCUT2D eigenvalue weighted by Crippen LogP contribution is -2.42. The van der Waals surface area contributed by atoms with Crippen LogP contribution in [0, 0.1) is 19.8 Å². The van der Waals surface area contributed by atoms with Gasteiger partial charge >= 0.3 is 0 Å². The van der Waals surface area contributed by atoms with Crippen LogP contribution < -0.4 is 4.74 Å². The molecule has 29 heavy (non-hydrogen) atoms. The summed E-state index contributed by atoms with van der Waals surface area (Å²) in [5.41, 5.74) is 3.17. The number of hydrogen-bond acceptors (Lipinski definition) is 4. The molecule has 0 aromatic heterocycles. The summed E-state index contributed by atoms with van der Waals surface area (Å²) < 4.78 is 17.9. The molecule has 0 radical (unpaired) electrons. The van der Waals surface area contributed by atoms with Gasteiger partial charge in [-0.1, -0.05) is 35.9 Å². The number of hydrogen-bond donors (Lipinski definition) is 0. The van der Waals surface area contributed by atoms with E-state index >= 15 is 0 Å². The molecule has 1 fully saturated rings. The maximum Gasteiger partial charge on any atom is 0.207 e. The first-order valence-corrected chi connectivity index (χ1v) is 10.4. The first-order chi connectivity index (χ1) is 14.0. The molecule has 2 aliphatic rings. The van der Waals surface area contributed by atoms with Gasteiger partial charge in [0, 0.05) is 11.4 Å². The van der Waals surface area contributed by atoms with Crippen molar-refractivity contribution in [1.82, 2.24) is 0 Å². The highest BCUT2D eigenvalue weighted by Gasteiger charge is 2.41. The lowest BCUT2D eigenvalue weighted by molar-refractivity contribution is -0.134. The number of benzene rings is 2. The summed E-state index contributed by atoms with van der Waals surface area (Å²) in [7, 11) is 0. The lowest BCUT2D eigenvalue weighted by atomic mass is 9.80. The number of ketones is 1. The van der Waals surface area contributed by atoms with Crippen molar-refractivity contribution in [3.8, 4) is 5.75 Å². The van der Waals surface area contributed by atoms with Crippen LogP contribution in [-0.2, 0) is 20.9 Å². The minimum absolute atomic E-state index is 0.0262. The van der Waals surface area contributed by atoms with Crippen LogP contribution in [0.3, 0.4) is 0 Å². The zero-order valence-electron chi connectivity index (χ0n) is 16.7. The van der Waals surface area contributed by atoms with Crippen molar-refractivity contribution >= 4 is 17.4 Å². The van der Waals surface area contributed by atoms with Crippen molar-refractivity contribution in [2.24, 2.45) is 5.92 Å². The number of Topliss-reactive ketones (excluding diaryl/α,β-unsaturated/α-hetero) is 1. The van der Waals surface area contributed by atoms with Crippen LogP contribution in [0.5, 0.6) is 5.75 Å². The molecule has 0 bridgehead atoms. The fraction of sp³-hybridized carbons (Fsp3) is 0.375. The summed E-state index contributed by atoms with van der Waals surface area (Å²) in [6, 6.07) is 13.6. The summed E-state index contributed by atoms with van der Waals surface area (Å²) in [6.07, 6.45) is 3.68. The molecule has 2 aromatic rings. The highest BCUT2D eigenvalue weighted by atomic mass is 35.5. The minimum atomic E-state index is -0.171. The molecular weight excluding hydrogens is 388 g/mol. The quantitative estimate of drug-likeness (QED) is 0.647. The van der Waals surface area contributed by atoms with Crippen LogP contribution in [0.2, 0.25) is 5.02 Å². The zero-order valence-corrected chi connectivity index (χ0v) is 17.4. The number of allylic oxidation sites excluding steroid dienone is 1. The molecule has 2 aromatic carbocycles. The van der Waals surface area contributed by atoms with E-state index in [0.717, 1.165) is 29.5 Å². The molecule has 0 N–H and O–H groups in total. The monoisotopic (exact) mass is 412 g/mol. The second-order valence-corrected chi connectivity index (χ2v) is 8.31. The van der Waals surface area contributed by atoms with Crippen molar-refractivity contribution in [2.75, 3.05) is 0 Å². The summed E-state index contributed by atoms with van der Waals surface area (Å²) in [6.45, 7) is 4.50. The topological polar surface area (TPSA) is 44.8 Å². The van der Waals surface area contributed by atoms with Gasteiger partial charge in [-0.25, -0.2) is 0 Å². The van der Waals surface area contributed by atoms with Crippen LogP contribution in [0.25, 0.3) is 0 Å². The summed E-state index contributed by atoms with van der Waals surface area (Å²) in [5.74, 6) is 0.848. The number of carbonyl (C=O) groups is 1. The van der Waals surface area contributed by atoms with Gasteiger partial charge in [0.05, 0.1) is 18.6 Å². The Morgan fingerprint density at radius 1 is 1.10 bits per heavy atom. The van der Waals surface area contributed by atoms with Crippen LogP contribution in [0.1, 0.15) is 36.0 Å². The van der Waals surface area contributed by atoms with Gasteiger partial charge in [-0.2, -0.15) is 0 Å². The third kappa shape index (κ3) is 4.65. The number of ether oxygens (including phenoxy) is 3. The average molecular weight is 413 g/mol. The molecule has 5 heteroatoms. The SMILES string of the molecule is Cc1ccc(C)c(OC2=COC3CC(OCc4ccc(Cl)cc4)CCC3C2=O)c1. The fourth-order valence-corrected chi connectivity index (χ4v) is 4.02. The Morgan fingerprint density at radius 3 is 2.69 bits per heavy atom. The molecule has 1 saturated carbocycles. The number of aryl methyl sites for hydroxylation is 2. The number of halogens is 1. The molecule has 3 unspecified atom stereocenters. The lowest BCUT2D eigenvalue weighted by Gasteiger charge is -2.37. The molecule has 3 atom stereocenters. The van der Waals surface area contributed by atoms with E-state index in [0.29, 0.717) is 29.6 Å². The number of carbonyl (C=O) groups excluding carboxylic acids is 1. The number of fused-ring (bicyclic) bond motifs is 1. The van der Waals surface area contributed by atoms with Gasteiger partial charge in [0.1, 0.15) is 18.1 Å². The van der Waals surface area contributed by atoms with E-state index < -0.39 is 0 Å². The first kappa shape index (κ1) is 20.0. The predicted molar refractivity (Wildman–Crippen MR) is 112 cm³/mol. The van der Waals surface area contributed by atoms with Gasteiger partial charge in [-0.15, -0.1) is 0 Å². The van der Waals surface area contributed by atoms with Gasteiger partial charge in [0.25, 0.3) is 0 Å². The molecule has 152 valence electrons. The second-order valence-electron chi connectivity index (χ2n) is 7.87. The maximum absolute atomic E-state index is 13.0. The minimum Gasteiger partial charge on any atom is -0.493 e. The standard InChI is InChI=1S/C24H25ClO4/c1-15-3-4-16(2)21(11-15)29-23-14-28-22-12-19(9-10-20(22)24(23)26)27-13-17-5-7-18(25)8-6-17/h3-8,11,14,19-20,22H,9-10,12-13H2,1-2H3. The Kier molecular flexibility index (Phi) is 5.93. The molecule has 1 heterocycles. The second kappa shape index (κ2) is 8.60. The Labute approximate surface area is 176 Å². The van der Waals surface area contributed by atoms with Gasteiger partial charge in [-0.3, -0.25) is 4.79 Å². The van der Waals surface area contributed by atoms with E-state index in [2.05, 4.69) is 0 Å². The third-order valence-electron chi connectivity index (χ3n) is 5.64. The first-order valence-electron chi connectivity index (χ1n) is 10.0. The Bertz CT molecular complexity index is 919. The van der Waals surface area contributed by atoms with Crippen LogP contribution in [-0.4, -0.2) is 18.0 Å². The molecule has 1 aliphatic heterocycles. The highest BCUT2D eigenvalue weighted by molar-refractivity contribution is 6.30. The van der Waals surface area contributed by atoms with E-state index in [1.165, 1.54) is 6.26 Å². The van der Waals surface area contributed by atoms with Crippen molar-refractivity contribution in [2.45, 2.75) is 51.9 Å². The van der Waals surface area contributed by atoms with E-state index in [1.54, 1.807) is 0 Å². The molecular formula is C24H25ClO4. The largest absolute Gasteiger partial charge is 0.493 e. The van der Waals surface area contributed by atoms with E-state index in [-0.39, 0.29) is 23.9 Å². The summed E-state index contributed by atoms with van der Waals surface area (Å²) >= 11 is 5.92. The van der Waals surface area contributed by atoms with Crippen LogP contribution in [0.4, 0.5) is 0 Å². The third-order valence-corrected chi connectivity index (χ3v) is 5.89. The molecule has 4 rings (SSSR count). The molecule has 0 amide bonds. The zero-order chi connectivity index (χ0) is 20.4. The Balaban J connectivity index is 1.37. The van der Waals surface area contributed by atoms with Gasteiger partial charge in [-0.05, 0) is 61.6 Å². The molecule has 1 aliphatic carbocycles. The van der Waals surface area contributed by atoms with Crippen LogP contribution >= 0.6 is 11.6 Å². The van der Waals surface area contributed by atoms with Gasteiger partial charge < -0.3 is 14.2 Å². The van der Waals surface area contributed by atoms with Crippen molar-refractivity contribution in [3.05, 3.63) is 76.2 Å². The average Bonchev–Trinajstić information content (AvgIpc) is 2.72. The van der Waals surface area contributed by atoms with E-state index in [1.807, 2.05) is 56.3 Å². The molecule has 0 spiro atoms. The normalized spacial score (nSPS) is 23.8. The molecule has 4 nitrogen and oxygen atoms in total. The Hall–Kier alpha value is -2.30. The highest BCUT2D eigenvalue weighted by Crippen LogP contribution is 2.36. The van der Waals surface area contributed by atoms with Crippen LogP contribution in [0.15, 0.2) is 54.5 Å². The van der Waals surface area contributed by atoms with E-state index in [9.17, 15) is 4.79 Å². The summed E-state index contributed by atoms with van der Waals surface area (Å²) in [5, 5.41) is 0.717. The van der Waals surface area contributed by atoms with Crippen molar-refractivity contribution in [1.29, 1.82) is 0 Å². The van der Waals surface area contributed by atoms with Crippen molar-refractivity contribution < 1.29 is 19.0 Å². The molecule has 0 saturated heterocycles. The van der Waals surface area contributed by atoms with Gasteiger partial charge in [0.15, 0.2) is 0 Å². The van der Waals surface area contributed by atoms with E-state index in [4.69, 9.17) is 25.8 Å². The smallest absolute Gasteiger partial charge is 0.207 e. The fourth-order valence-electron chi connectivity index (χ4n) is 3.89. The van der Waals surface area contributed by atoms with Gasteiger partial charge in [0.2, 0.25) is 11.5 Å². The Morgan fingerprint density at radius 2 is 1.90 bits per heavy atom. The van der Waals surface area contributed by atoms with Crippen molar-refractivity contribution in [3.63, 3.8) is 0 Å².